The van der Waals surface area contributed by atoms with Crippen LogP contribution in [0.25, 0.3) is 0 Å². The molecule has 2 rings (SSSR count). The molecule has 110 valence electrons. The summed E-state index contributed by atoms with van der Waals surface area (Å²) in [4.78, 5) is 26.2. The minimum absolute atomic E-state index is 0.0672. The van der Waals surface area contributed by atoms with E-state index in [1.165, 1.54) is 17.3 Å². The molecule has 0 bridgehead atoms. The van der Waals surface area contributed by atoms with Gasteiger partial charge in [0.2, 0.25) is 5.91 Å². The minimum atomic E-state index is -0.826. The maximum Gasteiger partial charge on any atom is 0.303 e. The molecule has 2 aromatic rings. The van der Waals surface area contributed by atoms with E-state index >= 15 is 0 Å². The van der Waals surface area contributed by atoms with Crippen molar-refractivity contribution in [1.29, 1.82) is 0 Å². The Morgan fingerprint density at radius 1 is 1.33 bits per heavy atom. The topological polar surface area (TPSA) is 97.1 Å². The van der Waals surface area contributed by atoms with Gasteiger partial charge in [0.1, 0.15) is 19.2 Å². The van der Waals surface area contributed by atoms with Crippen LogP contribution in [0.3, 0.4) is 0 Å². The van der Waals surface area contributed by atoms with Gasteiger partial charge in [0.05, 0.1) is 6.42 Å². The number of hydrogen-bond donors (Lipinski definition) is 2. The molecule has 1 unspecified atom stereocenters. The molecule has 1 atom stereocenters. The molecule has 1 aromatic carbocycles. The average molecular weight is 288 g/mol. The average Bonchev–Trinajstić information content (AvgIpc) is 2.91. The second-order valence-corrected chi connectivity index (χ2v) is 4.76. The minimum Gasteiger partial charge on any atom is -0.481 e. The fourth-order valence-corrected chi connectivity index (χ4v) is 1.94. The Morgan fingerprint density at radius 3 is 2.62 bits per heavy atom. The molecule has 1 aromatic heterocycles. The summed E-state index contributed by atoms with van der Waals surface area (Å²) in [5.41, 5.74) is 1.58. The predicted molar refractivity (Wildman–Crippen MR) is 75.8 cm³/mol. The number of hydrogen-bond acceptors (Lipinski definition) is 4. The molecular formula is C14H16N4O3. The highest BCUT2D eigenvalue weighted by Gasteiger charge is 2.10. The molecule has 0 spiro atoms. The summed E-state index contributed by atoms with van der Waals surface area (Å²) in [6.45, 7) is 1.95. The van der Waals surface area contributed by atoms with Crippen LogP contribution in [-0.2, 0) is 16.1 Å². The van der Waals surface area contributed by atoms with E-state index in [0.29, 0.717) is 5.69 Å². The van der Waals surface area contributed by atoms with E-state index in [4.69, 9.17) is 5.11 Å². The van der Waals surface area contributed by atoms with Crippen LogP contribution in [0.4, 0.5) is 5.69 Å². The second kappa shape index (κ2) is 6.65. The van der Waals surface area contributed by atoms with Gasteiger partial charge < -0.3 is 10.4 Å². The van der Waals surface area contributed by atoms with Crippen LogP contribution < -0.4 is 5.32 Å². The number of amides is 1. The Balaban J connectivity index is 1.92. The number of benzene rings is 1. The monoisotopic (exact) mass is 288 g/mol. The van der Waals surface area contributed by atoms with Crippen molar-refractivity contribution in [3.05, 3.63) is 42.5 Å². The van der Waals surface area contributed by atoms with Crippen molar-refractivity contribution in [2.24, 2.45) is 0 Å². The Bertz CT molecular complexity index is 608. The van der Waals surface area contributed by atoms with Gasteiger partial charge in [-0.05, 0) is 23.6 Å². The van der Waals surface area contributed by atoms with E-state index in [-0.39, 0.29) is 24.8 Å². The molecule has 21 heavy (non-hydrogen) atoms. The van der Waals surface area contributed by atoms with Gasteiger partial charge in [0.15, 0.2) is 0 Å². The number of rotatable bonds is 6. The van der Waals surface area contributed by atoms with E-state index in [2.05, 4.69) is 15.4 Å². The van der Waals surface area contributed by atoms with Crippen molar-refractivity contribution < 1.29 is 14.7 Å². The van der Waals surface area contributed by atoms with Gasteiger partial charge in [-0.15, -0.1) is 0 Å². The zero-order valence-corrected chi connectivity index (χ0v) is 11.6. The third-order valence-electron chi connectivity index (χ3n) is 3.02. The summed E-state index contributed by atoms with van der Waals surface area (Å²) in [7, 11) is 0. The number of nitrogens with one attached hydrogen (secondary N) is 1. The van der Waals surface area contributed by atoms with Crippen LogP contribution in [0.2, 0.25) is 0 Å². The van der Waals surface area contributed by atoms with Gasteiger partial charge in [-0.3, -0.25) is 9.59 Å². The highest BCUT2D eigenvalue weighted by Crippen LogP contribution is 2.20. The lowest BCUT2D eigenvalue weighted by Gasteiger charge is -2.10. The molecule has 0 radical (unpaired) electrons. The van der Waals surface area contributed by atoms with Crippen molar-refractivity contribution in [3.8, 4) is 0 Å². The SMILES string of the molecule is CC(CC(=O)O)c1ccc(NC(=O)Cn2cncn2)cc1. The van der Waals surface area contributed by atoms with Gasteiger partial charge in [-0.1, -0.05) is 19.1 Å². The Hall–Kier alpha value is -2.70. The maximum absolute atomic E-state index is 11.8. The van der Waals surface area contributed by atoms with Crippen molar-refractivity contribution in [3.63, 3.8) is 0 Å². The highest BCUT2D eigenvalue weighted by atomic mass is 16.4. The predicted octanol–water partition coefficient (Wildman–Crippen LogP) is 1.49. The number of carbonyl (C=O) groups is 2. The number of anilines is 1. The van der Waals surface area contributed by atoms with E-state index in [0.717, 1.165) is 5.56 Å². The van der Waals surface area contributed by atoms with Crippen molar-refractivity contribution in [2.45, 2.75) is 25.8 Å². The Morgan fingerprint density at radius 2 is 2.05 bits per heavy atom. The van der Waals surface area contributed by atoms with Crippen molar-refractivity contribution >= 4 is 17.6 Å². The number of aliphatic carboxylic acids is 1. The summed E-state index contributed by atoms with van der Waals surface area (Å²) < 4.78 is 1.43. The largest absolute Gasteiger partial charge is 0.481 e. The maximum atomic E-state index is 11.8. The number of carboxylic acid groups (broad SMARTS) is 1. The number of carbonyl (C=O) groups excluding carboxylic acids is 1. The zero-order chi connectivity index (χ0) is 15.2. The lowest BCUT2D eigenvalue weighted by Crippen LogP contribution is -2.19. The molecule has 0 aliphatic heterocycles. The molecule has 7 heteroatoms. The van der Waals surface area contributed by atoms with Crippen molar-refractivity contribution in [2.75, 3.05) is 5.32 Å². The molecule has 7 nitrogen and oxygen atoms in total. The second-order valence-electron chi connectivity index (χ2n) is 4.76. The molecule has 0 aliphatic carbocycles. The van der Waals surface area contributed by atoms with Gasteiger partial charge >= 0.3 is 5.97 Å². The fraction of sp³-hybridized carbons (Fsp3) is 0.286. The number of carboxylic acids is 1. The summed E-state index contributed by atoms with van der Waals surface area (Å²) in [6.07, 6.45) is 2.92. The van der Waals surface area contributed by atoms with Crippen LogP contribution in [0, 0.1) is 0 Å². The molecule has 0 aliphatic rings. The summed E-state index contributed by atoms with van der Waals surface area (Å²) >= 11 is 0. The third kappa shape index (κ3) is 4.41. The van der Waals surface area contributed by atoms with E-state index in [9.17, 15) is 9.59 Å². The Labute approximate surface area is 121 Å². The van der Waals surface area contributed by atoms with Gasteiger partial charge in [-0.2, -0.15) is 5.10 Å². The van der Waals surface area contributed by atoms with E-state index in [1.54, 1.807) is 12.1 Å². The lowest BCUT2D eigenvalue weighted by atomic mass is 9.98. The number of nitrogens with zero attached hydrogens (tertiary/aromatic N) is 3. The van der Waals surface area contributed by atoms with Crippen LogP contribution in [0.5, 0.6) is 0 Å². The Kier molecular flexibility index (Phi) is 4.65. The van der Waals surface area contributed by atoms with E-state index < -0.39 is 5.97 Å². The molecule has 2 N–H and O–H groups in total. The number of aromatic nitrogens is 3. The van der Waals surface area contributed by atoms with Crippen LogP contribution in [-0.4, -0.2) is 31.7 Å². The zero-order valence-electron chi connectivity index (χ0n) is 11.6. The van der Waals surface area contributed by atoms with Crippen LogP contribution in [0.1, 0.15) is 24.8 Å². The molecule has 1 heterocycles. The first kappa shape index (κ1) is 14.7. The standard InChI is InChI=1S/C14H16N4O3/c1-10(6-14(20)21)11-2-4-12(5-3-11)17-13(19)7-18-9-15-8-16-18/h2-5,8-10H,6-7H2,1H3,(H,17,19)(H,20,21). The normalized spacial score (nSPS) is 11.9. The van der Waals surface area contributed by atoms with Gasteiger partial charge in [-0.25, -0.2) is 9.67 Å². The molecule has 0 saturated heterocycles. The summed E-state index contributed by atoms with van der Waals surface area (Å²) in [6, 6.07) is 7.15. The summed E-state index contributed by atoms with van der Waals surface area (Å²) in [5.74, 6) is -1.10. The van der Waals surface area contributed by atoms with Gasteiger partial charge in [0, 0.05) is 5.69 Å². The summed E-state index contributed by atoms with van der Waals surface area (Å²) in [5, 5.41) is 15.4. The third-order valence-corrected chi connectivity index (χ3v) is 3.02. The molecular weight excluding hydrogens is 272 g/mol. The van der Waals surface area contributed by atoms with Crippen molar-refractivity contribution in [1.82, 2.24) is 14.8 Å². The first-order valence-electron chi connectivity index (χ1n) is 6.48. The highest BCUT2D eigenvalue weighted by molar-refractivity contribution is 5.90. The van der Waals surface area contributed by atoms with Gasteiger partial charge in [0.25, 0.3) is 0 Å². The fourth-order valence-electron chi connectivity index (χ4n) is 1.94. The first-order chi connectivity index (χ1) is 10.0. The molecule has 0 fully saturated rings. The first-order valence-corrected chi connectivity index (χ1v) is 6.48. The quantitative estimate of drug-likeness (QED) is 0.839. The van der Waals surface area contributed by atoms with Crippen LogP contribution in [0.15, 0.2) is 36.9 Å². The van der Waals surface area contributed by atoms with E-state index in [1.807, 2.05) is 19.1 Å². The van der Waals surface area contributed by atoms with Crippen LogP contribution >= 0.6 is 0 Å². The molecule has 1 amide bonds. The smallest absolute Gasteiger partial charge is 0.303 e. The lowest BCUT2D eigenvalue weighted by molar-refractivity contribution is -0.137. The molecule has 0 saturated carbocycles.